The van der Waals surface area contributed by atoms with Crippen LogP contribution in [0.4, 0.5) is 0 Å². The maximum atomic E-state index is 12.0. The molecule has 0 aromatic heterocycles. The van der Waals surface area contributed by atoms with Crippen molar-refractivity contribution in [2.24, 2.45) is 5.41 Å². The smallest absolute Gasteiger partial charge is 0.305 e. The zero-order valence-corrected chi connectivity index (χ0v) is 14.0. The first-order chi connectivity index (χ1) is 10.6. The summed E-state index contributed by atoms with van der Waals surface area (Å²) in [5.41, 5.74) is 0.894. The SMILES string of the molecule is CC(CC(=O)O)NC(=O)c1ccc(CNC(=O)C(C)(C)C)cc1. The molecule has 0 bridgehead atoms. The average Bonchev–Trinajstić information content (AvgIpc) is 2.43. The molecule has 0 saturated heterocycles. The van der Waals surface area contributed by atoms with Gasteiger partial charge in [0.25, 0.3) is 5.91 Å². The fourth-order valence-electron chi connectivity index (χ4n) is 1.84. The molecular weight excluding hydrogens is 296 g/mol. The molecule has 6 heteroatoms. The van der Waals surface area contributed by atoms with Gasteiger partial charge in [-0.2, -0.15) is 0 Å². The molecule has 3 N–H and O–H groups in total. The summed E-state index contributed by atoms with van der Waals surface area (Å²) in [6.07, 6.45) is -0.122. The summed E-state index contributed by atoms with van der Waals surface area (Å²) >= 11 is 0. The van der Waals surface area contributed by atoms with E-state index >= 15 is 0 Å². The summed E-state index contributed by atoms with van der Waals surface area (Å²) < 4.78 is 0. The number of benzene rings is 1. The monoisotopic (exact) mass is 320 g/mol. The van der Waals surface area contributed by atoms with E-state index in [4.69, 9.17) is 5.11 Å². The molecule has 1 rings (SSSR count). The van der Waals surface area contributed by atoms with Crippen molar-refractivity contribution in [1.29, 1.82) is 0 Å². The van der Waals surface area contributed by atoms with Crippen molar-refractivity contribution in [3.05, 3.63) is 35.4 Å². The summed E-state index contributed by atoms with van der Waals surface area (Å²) in [6, 6.07) is 6.40. The van der Waals surface area contributed by atoms with Crippen molar-refractivity contribution < 1.29 is 19.5 Å². The molecule has 0 spiro atoms. The number of hydrogen-bond donors (Lipinski definition) is 3. The first-order valence-electron chi connectivity index (χ1n) is 7.49. The molecule has 0 radical (unpaired) electrons. The lowest BCUT2D eigenvalue weighted by Crippen LogP contribution is -2.34. The van der Waals surface area contributed by atoms with Gasteiger partial charge in [0.2, 0.25) is 5.91 Å². The van der Waals surface area contributed by atoms with Crippen LogP contribution in [0, 0.1) is 5.41 Å². The number of amides is 2. The number of rotatable bonds is 6. The Kier molecular flexibility index (Phi) is 6.30. The number of carboxylic acid groups (broad SMARTS) is 1. The number of carbonyl (C=O) groups is 3. The second-order valence-electron chi connectivity index (χ2n) is 6.60. The van der Waals surface area contributed by atoms with E-state index in [2.05, 4.69) is 10.6 Å². The van der Waals surface area contributed by atoms with Crippen LogP contribution < -0.4 is 10.6 Å². The summed E-state index contributed by atoms with van der Waals surface area (Å²) in [5, 5.41) is 14.1. The van der Waals surface area contributed by atoms with Crippen LogP contribution in [-0.2, 0) is 16.1 Å². The molecule has 1 aromatic carbocycles. The molecule has 126 valence electrons. The van der Waals surface area contributed by atoms with Crippen molar-refractivity contribution in [1.82, 2.24) is 10.6 Å². The van der Waals surface area contributed by atoms with E-state index in [-0.39, 0.29) is 18.2 Å². The maximum absolute atomic E-state index is 12.0. The van der Waals surface area contributed by atoms with Crippen LogP contribution in [-0.4, -0.2) is 28.9 Å². The van der Waals surface area contributed by atoms with Gasteiger partial charge in [0.15, 0.2) is 0 Å². The highest BCUT2D eigenvalue weighted by Gasteiger charge is 2.20. The van der Waals surface area contributed by atoms with E-state index in [0.717, 1.165) is 5.56 Å². The largest absolute Gasteiger partial charge is 0.481 e. The Hall–Kier alpha value is -2.37. The number of aliphatic carboxylic acids is 1. The Morgan fingerprint density at radius 3 is 2.17 bits per heavy atom. The van der Waals surface area contributed by atoms with E-state index in [1.807, 2.05) is 20.8 Å². The molecular formula is C17H24N2O4. The normalized spacial score (nSPS) is 12.3. The third kappa shape index (κ3) is 6.50. The van der Waals surface area contributed by atoms with Crippen LogP contribution in [0.3, 0.4) is 0 Å². The van der Waals surface area contributed by atoms with Crippen molar-refractivity contribution >= 4 is 17.8 Å². The van der Waals surface area contributed by atoms with Gasteiger partial charge < -0.3 is 15.7 Å². The molecule has 0 aliphatic heterocycles. The Balaban J connectivity index is 2.57. The van der Waals surface area contributed by atoms with Crippen molar-refractivity contribution in [2.45, 2.75) is 46.7 Å². The predicted octanol–water partition coefficient (Wildman–Crippen LogP) is 1.94. The first kappa shape index (κ1) is 18.7. The first-order valence-corrected chi connectivity index (χ1v) is 7.49. The second-order valence-corrected chi connectivity index (χ2v) is 6.60. The van der Waals surface area contributed by atoms with Gasteiger partial charge in [0.1, 0.15) is 0 Å². The third-order valence-electron chi connectivity index (χ3n) is 3.21. The Bertz CT molecular complexity index is 573. The van der Waals surface area contributed by atoms with Gasteiger partial charge in [-0.25, -0.2) is 0 Å². The lowest BCUT2D eigenvalue weighted by Gasteiger charge is -2.17. The summed E-state index contributed by atoms with van der Waals surface area (Å²) in [4.78, 5) is 34.4. The van der Waals surface area contributed by atoms with Crippen LogP contribution in [0.5, 0.6) is 0 Å². The van der Waals surface area contributed by atoms with Gasteiger partial charge in [-0.15, -0.1) is 0 Å². The fraction of sp³-hybridized carbons (Fsp3) is 0.471. The topological polar surface area (TPSA) is 95.5 Å². The highest BCUT2D eigenvalue weighted by molar-refractivity contribution is 5.94. The zero-order valence-electron chi connectivity index (χ0n) is 14.0. The minimum Gasteiger partial charge on any atom is -0.481 e. The molecule has 1 unspecified atom stereocenters. The summed E-state index contributed by atoms with van der Waals surface area (Å²) in [7, 11) is 0. The molecule has 0 saturated carbocycles. The Morgan fingerprint density at radius 2 is 1.70 bits per heavy atom. The third-order valence-corrected chi connectivity index (χ3v) is 3.21. The van der Waals surface area contributed by atoms with Crippen LogP contribution in [0.25, 0.3) is 0 Å². The highest BCUT2D eigenvalue weighted by atomic mass is 16.4. The maximum Gasteiger partial charge on any atom is 0.305 e. The standard InChI is InChI=1S/C17H24N2O4/c1-11(9-14(20)21)19-15(22)13-7-5-12(6-8-13)10-18-16(23)17(2,3)4/h5-8,11H,9-10H2,1-4H3,(H,18,23)(H,19,22)(H,20,21). The van der Waals surface area contributed by atoms with Gasteiger partial charge in [-0.05, 0) is 24.6 Å². The number of carbonyl (C=O) groups excluding carboxylic acids is 2. The van der Waals surface area contributed by atoms with Gasteiger partial charge in [0, 0.05) is 23.6 Å². The predicted molar refractivity (Wildman–Crippen MR) is 86.9 cm³/mol. The Morgan fingerprint density at radius 1 is 1.13 bits per heavy atom. The van der Waals surface area contributed by atoms with Crippen LogP contribution in [0.1, 0.15) is 50.0 Å². The van der Waals surface area contributed by atoms with E-state index < -0.39 is 17.4 Å². The number of nitrogens with one attached hydrogen (secondary N) is 2. The molecule has 2 amide bonds. The quantitative estimate of drug-likeness (QED) is 0.746. The molecule has 23 heavy (non-hydrogen) atoms. The van der Waals surface area contributed by atoms with Crippen molar-refractivity contribution in [3.8, 4) is 0 Å². The van der Waals surface area contributed by atoms with Gasteiger partial charge in [-0.1, -0.05) is 32.9 Å². The minimum absolute atomic E-state index is 0.0400. The van der Waals surface area contributed by atoms with Gasteiger partial charge in [0.05, 0.1) is 6.42 Å². The lowest BCUT2D eigenvalue weighted by atomic mass is 9.95. The number of hydrogen-bond acceptors (Lipinski definition) is 3. The van der Waals surface area contributed by atoms with Crippen molar-refractivity contribution in [3.63, 3.8) is 0 Å². The molecule has 0 heterocycles. The summed E-state index contributed by atoms with van der Waals surface area (Å²) in [6.45, 7) is 7.56. The fourth-order valence-corrected chi connectivity index (χ4v) is 1.84. The van der Waals surface area contributed by atoms with E-state index in [1.54, 1.807) is 31.2 Å². The molecule has 1 atom stereocenters. The van der Waals surface area contributed by atoms with E-state index in [1.165, 1.54) is 0 Å². The van der Waals surface area contributed by atoms with Gasteiger partial charge >= 0.3 is 5.97 Å². The van der Waals surface area contributed by atoms with Crippen LogP contribution in [0.15, 0.2) is 24.3 Å². The number of carboxylic acids is 1. The van der Waals surface area contributed by atoms with Crippen LogP contribution >= 0.6 is 0 Å². The summed E-state index contributed by atoms with van der Waals surface area (Å²) in [5.74, 6) is -1.31. The molecule has 0 fully saturated rings. The van der Waals surface area contributed by atoms with Crippen molar-refractivity contribution in [2.75, 3.05) is 0 Å². The molecule has 0 aliphatic rings. The van der Waals surface area contributed by atoms with Gasteiger partial charge in [-0.3, -0.25) is 14.4 Å². The Labute approximate surface area is 136 Å². The van der Waals surface area contributed by atoms with E-state index in [9.17, 15) is 14.4 Å². The minimum atomic E-state index is -0.956. The average molecular weight is 320 g/mol. The second kappa shape index (κ2) is 7.76. The zero-order chi connectivity index (χ0) is 17.6. The molecule has 1 aromatic rings. The molecule has 0 aliphatic carbocycles. The molecule has 6 nitrogen and oxygen atoms in total. The van der Waals surface area contributed by atoms with E-state index in [0.29, 0.717) is 12.1 Å². The lowest BCUT2D eigenvalue weighted by molar-refractivity contribution is -0.137. The van der Waals surface area contributed by atoms with Crippen LogP contribution in [0.2, 0.25) is 0 Å². The highest BCUT2D eigenvalue weighted by Crippen LogP contribution is 2.13.